The van der Waals surface area contributed by atoms with E-state index in [9.17, 15) is 24.0 Å². The van der Waals surface area contributed by atoms with Crippen molar-refractivity contribution in [2.45, 2.75) is 172 Å². The Kier molecular flexibility index (Phi) is 45.0. The summed E-state index contributed by atoms with van der Waals surface area (Å²) in [4.78, 5) is 74.8. The summed E-state index contributed by atoms with van der Waals surface area (Å²) >= 11 is 0. The Morgan fingerprint density at radius 3 is 1.85 bits per heavy atom. The van der Waals surface area contributed by atoms with E-state index in [1.807, 2.05) is 62.3 Å². The molecule has 6 N–H and O–H groups in total. The third kappa shape index (κ3) is 31.4. The third-order valence-electron chi connectivity index (χ3n) is 7.03. The topological polar surface area (TPSA) is 204 Å². The molecule has 310 valence electrons. The largest absolute Gasteiger partial charge is 0.363 e. The van der Waals surface area contributed by atoms with Crippen LogP contribution >= 0.6 is 0 Å². The van der Waals surface area contributed by atoms with Crippen LogP contribution in [0.2, 0.25) is 0 Å². The Hall–Kier alpha value is -3.90. The molecule has 5 amide bonds. The molecule has 2 rings (SSSR count). The second-order valence-electron chi connectivity index (χ2n) is 12.0. The highest BCUT2D eigenvalue weighted by atomic mass is 16.2. The van der Waals surface area contributed by atoms with Gasteiger partial charge in [0.05, 0.1) is 12.8 Å². The van der Waals surface area contributed by atoms with Crippen molar-refractivity contribution in [2.75, 3.05) is 13.1 Å². The average molecular weight is 754 g/mol. The van der Waals surface area contributed by atoms with Crippen molar-refractivity contribution >= 4 is 47.7 Å². The molecular formula is C40H79N7O6. The van der Waals surface area contributed by atoms with E-state index in [0.29, 0.717) is 13.0 Å². The van der Waals surface area contributed by atoms with Crippen LogP contribution in [0.5, 0.6) is 0 Å². The molecule has 2 aliphatic rings. The van der Waals surface area contributed by atoms with Crippen LogP contribution in [0.1, 0.15) is 154 Å². The van der Waals surface area contributed by atoms with Gasteiger partial charge in [0.15, 0.2) is 0 Å². The van der Waals surface area contributed by atoms with E-state index >= 15 is 0 Å². The molecule has 1 heterocycles. The van der Waals surface area contributed by atoms with E-state index in [1.54, 1.807) is 0 Å². The van der Waals surface area contributed by atoms with Crippen molar-refractivity contribution in [3.05, 3.63) is 12.8 Å². The van der Waals surface area contributed by atoms with E-state index in [1.165, 1.54) is 11.1 Å². The van der Waals surface area contributed by atoms with Gasteiger partial charge in [-0.1, -0.05) is 122 Å². The van der Waals surface area contributed by atoms with E-state index in [2.05, 4.69) is 61.0 Å². The number of likely N-dealkylation sites (tertiary alicyclic amines) is 1. The Morgan fingerprint density at radius 1 is 0.887 bits per heavy atom. The Bertz CT molecular complexity index is 1020. The van der Waals surface area contributed by atoms with Gasteiger partial charge in [-0.05, 0) is 50.9 Å². The lowest BCUT2D eigenvalue weighted by molar-refractivity contribution is -0.139. The molecule has 53 heavy (non-hydrogen) atoms. The molecule has 13 heteroatoms. The van der Waals surface area contributed by atoms with Crippen LogP contribution in [0.15, 0.2) is 17.8 Å². The average Bonchev–Trinajstić information content (AvgIpc) is 3.68. The summed E-state index contributed by atoms with van der Waals surface area (Å²) in [5.41, 5.74) is 3.91. The number of nitrogens with one attached hydrogen (secondary N) is 4. The smallest absolute Gasteiger partial charge is 0.281 e. The van der Waals surface area contributed by atoms with Crippen LogP contribution in [0.3, 0.4) is 0 Å². The van der Waals surface area contributed by atoms with E-state index in [0.717, 1.165) is 69.9 Å². The highest BCUT2D eigenvalue weighted by Gasteiger charge is 2.36. The molecule has 1 saturated carbocycles. The number of aldehydes is 1. The fourth-order valence-corrected chi connectivity index (χ4v) is 4.90. The first-order valence-corrected chi connectivity index (χ1v) is 19.9. The molecule has 1 aliphatic heterocycles. The minimum absolute atomic E-state index is 0.0461. The number of carbonyl (C=O) groups is 6. The number of hydrogen-bond donors (Lipinski definition) is 5. The summed E-state index contributed by atoms with van der Waals surface area (Å²) in [5.74, 6) is -1.79. The predicted octanol–water partition coefficient (Wildman–Crippen LogP) is 6.53. The predicted molar refractivity (Wildman–Crippen MR) is 221 cm³/mol. The maximum absolute atomic E-state index is 13.1. The van der Waals surface area contributed by atoms with Gasteiger partial charge in [-0.15, -0.1) is 0 Å². The summed E-state index contributed by atoms with van der Waals surface area (Å²) in [5, 5.41) is 16.2. The van der Waals surface area contributed by atoms with Crippen LogP contribution in [0.25, 0.3) is 0 Å². The number of unbranched alkanes of at least 4 members (excludes halogenated alkanes) is 1. The van der Waals surface area contributed by atoms with Gasteiger partial charge in [0.1, 0.15) is 17.8 Å². The Labute approximate surface area is 323 Å². The lowest BCUT2D eigenvalue weighted by atomic mass is 9.83. The molecule has 0 aromatic heterocycles. The zero-order chi connectivity index (χ0) is 42.4. The third-order valence-corrected chi connectivity index (χ3v) is 7.03. The number of nitrogens with two attached hydrogens (primary N) is 1. The second-order valence-corrected chi connectivity index (χ2v) is 12.0. The fourth-order valence-electron chi connectivity index (χ4n) is 4.90. The van der Waals surface area contributed by atoms with Crippen LogP contribution in [0.4, 0.5) is 0 Å². The van der Waals surface area contributed by atoms with E-state index < -0.39 is 29.8 Å². The van der Waals surface area contributed by atoms with Gasteiger partial charge in [-0.2, -0.15) is 0 Å². The van der Waals surface area contributed by atoms with E-state index in [-0.39, 0.29) is 42.3 Å². The first-order chi connectivity index (χ1) is 25.3. The first-order valence-electron chi connectivity index (χ1n) is 19.9. The fraction of sp³-hybridized carbons (Fsp3) is 0.750. The first kappa shape index (κ1) is 58.4. The Balaban J connectivity index is -0.000000384. The summed E-state index contributed by atoms with van der Waals surface area (Å²) in [6, 6.07) is -1.33. The normalized spacial score (nSPS) is 15.3. The number of carbonyl (C=O) groups excluding carboxylic acids is 6. The van der Waals surface area contributed by atoms with Crippen molar-refractivity contribution in [1.29, 1.82) is 5.41 Å². The molecule has 0 aromatic rings. The van der Waals surface area contributed by atoms with Crippen LogP contribution < -0.4 is 21.7 Å². The zero-order valence-electron chi connectivity index (χ0n) is 35.7. The van der Waals surface area contributed by atoms with Gasteiger partial charge in [-0.3, -0.25) is 39.2 Å². The summed E-state index contributed by atoms with van der Waals surface area (Å²) in [6.45, 7) is 30.2. The lowest BCUT2D eigenvalue weighted by Crippen LogP contribution is -2.55. The molecule has 0 bridgehead atoms. The highest BCUT2D eigenvalue weighted by molar-refractivity contribution is 6.59. The van der Waals surface area contributed by atoms with Gasteiger partial charge < -0.3 is 26.6 Å². The van der Waals surface area contributed by atoms with Crippen molar-refractivity contribution in [3.8, 4) is 0 Å². The zero-order valence-corrected chi connectivity index (χ0v) is 35.7. The maximum atomic E-state index is 13.1. The molecule has 0 aromatic carbocycles. The van der Waals surface area contributed by atoms with Crippen molar-refractivity contribution in [1.82, 2.24) is 20.9 Å². The number of rotatable bonds is 14. The number of primary amides is 1. The monoisotopic (exact) mass is 754 g/mol. The molecule has 3 atom stereocenters. The van der Waals surface area contributed by atoms with Crippen LogP contribution in [-0.4, -0.2) is 83.9 Å². The van der Waals surface area contributed by atoms with Crippen LogP contribution in [-0.2, 0) is 28.8 Å². The van der Waals surface area contributed by atoms with Gasteiger partial charge in [-0.25, -0.2) is 0 Å². The quantitative estimate of drug-likeness (QED) is 0.0758. The minimum atomic E-state index is -0.926. The minimum Gasteiger partial charge on any atom is -0.363 e. The molecule has 0 radical (unpaired) electrons. The number of aliphatic imine (C=N–C) groups is 1. The summed E-state index contributed by atoms with van der Waals surface area (Å²) < 4.78 is 0. The summed E-state index contributed by atoms with van der Waals surface area (Å²) in [7, 11) is 0. The second kappa shape index (κ2) is 40.9. The van der Waals surface area contributed by atoms with E-state index in [4.69, 9.17) is 10.2 Å². The molecule has 1 saturated heterocycles. The van der Waals surface area contributed by atoms with Crippen LogP contribution in [0, 0.1) is 17.2 Å². The van der Waals surface area contributed by atoms with Crippen molar-refractivity contribution in [3.63, 3.8) is 0 Å². The number of nitrogens with zero attached hydrogens (tertiary/aromatic N) is 2. The number of hydrogen-bond acceptors (Lipinski definition) is 8. The number of amides is 5. The Morgan fingerprint density at radius 2 is 1.40 bits per heavy atom. The molecule has 13 nitrogen and oxygen atoms in total. The molecule has 1 aliphatic carbocycles. The van der Waals surface area contributed by atoms with Crippen molar-refractivity contribution in [2.24, 2.45) is 22.6 Å². The van der Waals surface area contributed by atoms with Gasteiger partial charge in [0, 0.05) is 18.8 Å². The standard InChI is InChI=1S/C26H42N6O4.C4H10.C2H3NO2.4C2H6/c1-4-6-11-18(3)30-25(35)21-14-10-15-32(21)22(33)17-29-26(36)23(19-12-8-7-9-13-19)31-24(34)20(27)16-28-5-2;1-4(2)3;3-2(5)1-4;4*1-2/h5,16,18-19,21,23,27H,2,4,6-15,17H2,1,3H3,(H,29,36)(H,30,35)(H,31,34);4H,1-3H3;1H,(H2,3,5);4*1-2H3. The lowest BCUT2D eigenvalue weighted by Gasteiger charge is -2.30. The van der Waals surface area contributed by atoms with Crippen molar-refractivity contribution < 1.29 is 28.8 Å². The van der Waals surface area contributed by atoms with Gasteiger partial charge in [0.2, 0.25) is 24.0 Å². The van der Waals surface area contributed by atoms with Gasteiger partial charge >= 0.3 is 0 Å². The molecule has 2 fully saturated rings. The maximum Gasteiger partial charge on any atom is 0.281 e. The molecular weight excluding hydrogens is 674 g/mol. The molecule has 3 unspecified atom stereocenters. The van der Waals surface area contributed by atoms with Gasteiger partial charge in [0.25, 0.3) is 11.8 Å². The SMILES string of the molecule is C=CN=CC(=N)C(=O)NC(C(=O)NCC(=O)N1CCCC1C(=O)NC(C)CCCC)C1CCCCC1.CC.CC.CC.CC.CC(C)C.NC(=O)C=O. The summed E-state index contributed by atoms with van der Waals surface area (Å²) in [6.07, 6.45) is 11.2. The highest BCUT2D eigenvalue weighted by Crippen LogP contribution is 2.27. The molecule has 0 spiro atoms.